The van der Waals surface area contributed by atoms with Gasteiger partial charge in [-0.05, 0) is 49.3 Å². The number of nitrogens with zero attached hydrogens (tertiary/aromatic N) is 2. The number of carbonyl (C=O) groups is 1. The van der Waals surface area contributed by atoms with Crippen molar-refractivity contribution >= 4 is 16.6 Å². The average Bonchev–Trinajstić information content (AvgIpc) is 2.75. The minimum atomic E-state index is -0.104. The lowest BCUT2D eigenvalue weighted by Crippen LogP contribution is -2.17. The van der Waals surface area contributed by atoms with Crippen LogP contribution in [0.25, 0.3) is 21.9 Å². The number of rotatable bonds is 7. The van der Waals surface area contributed by atoms with E-state index in [1.54, 1.807) is 44.2 Å². The summed E-state index contributed by atoms with van der Waals surface area (Å²) in [6.45, 7) is 2.49. The number of ketones is 1. The summed E-state index contributed by atoms with van der Waals surface area (Å²) in [5, 5.41) is 1.31. The van der Waals surface area contributed by atoms with Gasteiger partial charge in [-0.3, -0.25) is 9.59 Å². The Morgan fingerprint density at radius 1 is 1.03 bits per heavy atom. The number of ether oxygens (including phenoxy) is 2. The summed E-state index contributed by atoms with van der Waals surface area (Å²) in [6, 6.07) is 9.17. The molecule has 2 aromatic carbocycles. The Balaban J connectivity index is 2.34. The highest BCUT2D eigenvalue weighted by Gasteiger charge is 2.18. The lowest BCUT2D eigenvalue weighted by Gasteiger charge is -2.19. The van der Waals surface area contributed by atoms with Gasteiger partial charge in [0, 0.05) is 42.7 Å². The highest BCUT2D eigenvalue weighted by molar-refractivity contribution is 6.03. The Morgan fingerprint density at radius 2 is 1.67 bits per heavy atom. The first-order valence-corrected chi connectivity index (χ1v) is 9.87. The summed E-state index contributed by atoms with van der Waals surface area (Å²) in [5.74, 6) is 1.46. The van der Waals surface area contributed by atoms with E-state index in [1.807, 2.05) is 44.1 Å². The highest BCUT2D eigenvalue weighted by Crippen LogP contribution is 2.37. The molecule has 30 heavy (non-hydrogen) atoms. The second-order valence-electron chi connectivity index (χ2n) is 7.59. The second kappa shape index (κ2) is 8.71. The van der Waals surface area contributed by atoms with E-state index in [0.29, 0.717) is 35.4 Å². The normalized spacial score (nSPS) is 11.2. The van der Waals surface area contributed by atoms with Gasteiger partial charge in [0.25, 0.3) is 5.56 Å². The van der Waals surface area contributed by atoms with Crippen molar-refractivity contribution in [1.29, 1.82) is 0 Å². The van der Waals surface area contributed by atoms with E-state index in [2.05, 4.69) is 0 Å². The summed E-state index contributed by atoms with van der Waals surface area (Å²) in [6.07, 6.45) is 2.21. The fraction of sp³-hybridized carbons (Fsp3) is 0.333. The van der Waals surface area contributed by atoms with Crippen molar-refractivity contribution in [2.24, 2.45) is 7.05 Å². The molecule has 0 saturated heterocycles. The van der Waals surface area contributed by atoms with Gasteiger partial charge in [0.1, 0.15) is 11.5 Å². The number of aryl methyl sites for hydroxylation is 1. The van der Waals surface area contributed by atoms with E-state index in [9.17, 15) is 9.59 Å². The zero-order valence-corrected chi connectivity index (χ0v) is 18.4. The van der Waals surface area contributed by atoms with Crippen LogP contribution in [0.2, 0.25) is 0 Å². The second-order valence-corrected chi connectivity index (χ2v) is 7.59. The molecule has 1 aromatic heterocycles. The number of hydrogen-bond acceptors (Lipinski definition) is 5. The molecule has 0 aliphatic rings. The van der Waals surface area contributed by atoms with Gasteiger partial charge in [0.15, 0.2) is 5.78 Å². The van der Waals surface area contributed by atoms with Crippen molar-refractivity contribution in [3.63, 3.8) is 0 Å². The number of hydrogen-bond donors (Lipinski definition) is 0. The molecule has 0 saturated carbocycles. The SMILES string of the molecule is CCC(=O)c1ccc2c(=O)n(C)cc(-c3cc(OC)c(CN(C)C)c(OC)c3)c2c1. The Kier molecular flexibility index (Phi) is 6.27. The van der Waals surface area contributed by atoms with Gasteiger partial charge in [0.05, 0.1) is 19.8 Å². The third-order valence-corrected chi connectivity index (χ3v) is 5.22. The van der Waals surface area contributed by atoms with Crippen LogP contribution in [-0.2, 0) is 13.6 Å². The van der Waals surface area contributed by atoms with Crippen LogP contribution < -0.4 is 15.0 Å². The Morgan fingerprint density at radius 3 is 2.20 bits per heavy atom. The molecule has 6 heteroatoms. The summed E-state index contributed by atoms with van der Waals surface area (Å²) >= 11 is 0. The third kappa shape index (κ3) is 3.96. The monoisotopic (exact) mass is 408 g/mol. The molecule has 0 unspecified atom stereocenters. The predicted octanol–water partition coefficient (Wildman–Crippen LogP) is 3.88. The summed E-state index contributed by atoms with van der Waals surface area (Å²) < 4.78 is 12.9. The third-order valence-electron chi connectivity index (χ3n) is 5.22. The summed E-state index contributed by atoms with van der Waals surface area (Å²) in [5.41, 5.74) is 3.14. The van der Waals surface area contributed by atoms with Gasteiger partial charge < -0.3 is 18.9 Å². The van der Waals surface area contributed by atoms with E-state index < -0.39 is 0 Å². The Bertz CT molecular complexity index is 1140. The smallest absolute Gasteiger partial charge is 0.258 e. The maximum atomic E-state index is 12.7. The van der Waals surface area contributed by atoms with Gasteiger partial charge in [0.2, 0.25) is 0 Å². The number of Topliss-reactive ketones (excluding diaryl/α,β-unsaturated/α-hetero) is 1. The van der Waals surface area contributed by atoms with E-state index in [0.717, 1.165) is 22.1 Å². The quantitative estimate of drug-likeness (QED) is 0.555. The fourth-order valence-corrected chi connectivity index (χ4v) is 3.68. The van der Waals surface area contributed by atoms with Crippen LogP contribution in [0.3, 0.4) is 0 Å². The Hall–Kier alpha value is -3.12. The lowest BCUT2D eigenvalue weighted by atomic mass is 9.96. The molecule has 0 N–H and O–H groups in total. The molecule has 0 atom stereocenters. The maximum Gasteiger partial charge on any atom is 0.258 e. The molecule has 1 heterocycles. The molecule has 0 radical (unpaired) electrons. The van der Waals surface area contributed by atoms with Crippen molar-refractivity contribution < 1.29 is 14.3 Å². The summed E-state index contributed by atoms with van der Waals surface area (Å²) in [4.78, 5) is 27.0. The zero-order valence-electron chi connectivity index (χ0n) is 18.4. The molecule has 0 spiro atoms. The van der Waals surface area contributed by atoms with Gasteiger partial charge >= 0.3 is 0 Å². The van der Waals surface area contributed by atoms with Crippen molar-refractivity contribution in [3.8, 4) is 22.6 Å². The number of benzene rings is 2. The Labute approximate surface area is 176 Å². The van der Waals surface area contributed by atoms with Crippen molar-refractivity contribution in [3.05, 3.63) is 58.0 Å². The minimum absolute atomic E-state index is 0.0417. The average molecular weight is 408 g/mol. The standard InChI is InChI=1S/C24H28N2O4/c1-7-21(27)15-8-9-17-18(10-15)19(14-26(4)24(17)28)16-11-22(29-5)20(13-25(2)3)23(12-16)30-6/h8-12,14H,7,13H2,1-6H3. The highest BCUT2D eigenvalue weighted by atomic mass is 16.5. The molecular weight excluding hydrogens is 380 g/mol. The van der Waals surface area contributed by atoms with Crippen LogP contribution in [0.1, 0.15) is 29.3 Å². The number of aromatic nitrogens is 1. The van der Waals surface area contributed by atoms with E-state index in [4.69, 9.17) is 9.47 Å². The number of pyridine rings is 1. The predicted molar refractivity (Wildman–Crippen MR) is 120 cm³/mol. The van der Waals surface area contributed by atoms with Gasteiger partial charge in [-0.25, -0.2) is 0 Å². The van der Waals surface area contributed by atoms with Crippen LogP contribution >= 0.6 is 0 Å². The summed E-state index contributed by atoms with van der Waals surface area (Å²) in [7, 11) is 8.97. The fourth-order valence-electron chi connectivity index (χ4n) is 3.68. The van der Waals surface area contributed by atoms with Crippen LogP contribution in [0.4, 0.5) is 0 Å². The molecule has 0 fully saturated rings. The minimum Gasteiger partial charge on any atom is -0.496 e. The van der Waals surface area contributed by atoms with Crippen LogP contribution in [0.5, 0.6) is 11.5 Å². The first kappa shape index (κ1) is 21.6. The van der Waals surface area contributed by atoms with E-state index >= 15 is 0 Å². The molecule has 0 bridgehead atoms. The molecule has 0 aliphatic carbocycles. The molecule has 0 aliphatic heterocycles. The molecule has 3 aromatic rings. The van der Waals surface area contributed by atoms with Crippen LogP contribution in [-0.4, -0.2) is 43.6 Å². The number of methoxy groups -OCH3 is 2. The zero-order chi connectivity index (χ0) is 22.0. The van der Waals surface area contributed by atoms with E-state index in [1.165, 1.54) is 0 Å². The van der Waals surface area contributed by atoms with Gasteiger partial charge in [-0.2, -0.15) is 0 Å². The first-order valence-electron chi connectivity index (χ1n) is 9.87. The van der Waals surface area contributed by atoms with Crippen molar-refractivity contribution in [2.75, 3.05) is 28.3 Å². The number of carbonyl (C=O) groups excluding carboxylic acids is 1. The largest absolute Gasteiger partial charge is 0.496 e. The topological polar surface area (TPSA) is 60.8 Å². The van der Waals surface area contributed by atoms with Crippen LogP contribution in [0.15, 0.2) is 41.3 Å². The molecule has 158 valence electrons. The number of fused-ring (bicyclic) bond motifs is 1. The molecule has 3 rings (SSSR count). The van der Waals surface area contributed by atoms with Crippen LogP contribution in [0, 0.1) is 0 Å². The lowest BCUT2D eigenvalue weighted by molar-refractivity contribution is 0.0988. The first-order chi connectivity index (χ1) is 14.3. The van der Waals surface area contributed by atoms with Crippen molar-refractivity contribution in [2.45, 2.75) is 19.9 Å². The van der Waals surface area contributed by atoms with E-state index in [-0.39, 0.29) is 11.3 Å². The van der Waals surface area contributed by atoms with Crippen molar-refractivity contribution in [1.82, 2.24) is 9.47 Å². The molecule has 6 nitrogen and oxygen atoms in total. The molecule has 0 amide bonds. The van der Waals surface area contributed by atoms with Gasteiger partial charge in [-0.1, -0.05) is 13.0 Å². The van der Waals surface area contributed by atoms with Gasteiger partial charge in [-0.15, -0.1) is 0 Å². The maximum absolute atomic E-state index is 12.7. The molecular formula is C24H28N2O4.